The molecule has 3 N–H and O–H groups in total. The van der Waals surface area contributed by atoms with Crippen molar-refractivity contribution in [2.45, 2.75) is 32.2 Å². The van der Waals surface area contributed by atoms with E-state index in [1.54, 1.807) is 4.31 Å². The SMILES string of the molecule is CC(CC1CCCN(S(C)(=O)=O)C1)NN. The van der Waals surface area contributed by atoms with Gasteiger partial charge in [0.2, 0.25) is 10.0 Å². The van der Waals surface area contributed by atoms with Crippen molar-refractivity contribution in [3.63, 3.8) is 0 Å². The number of hydrogen-bond donors (Lipinski definition) is 2. The van der Waals surface area contributed by atoms with E-state index in [1.807, 2.05) is 6.92 Å². The van der Waals surface area contributed by atoms with Crippen LogP contribution in [-0.4, -0.2) is 38.1 Å². The van der Waals surface area contributed by atoms with Gasteiger partial charge in [-0.05, 0) is 32.1 Å². The molecule has 1 fully saturated rings. The summed E-state index contributed by atoms with van der Waals surface area (Å²) in [7, 11) is -3.02. The van der Waals surface area contributed by atoms with E-state index in [0.29, 0.717) is 19.0 Å². The summed E-state index contributed by atoms with van der Waals surface area (Å²) in [5.74, 6) is 5.76. The Hall–Kier alpha value is -0.170. The van der Waals surface area contributed by atoms with Crippen LogP contribution in [0.25, 0.3) is 0 Å². The van der Waals surface area contributed by atoms with E-state index in [2.05, 4.69) is 5.43 Å². The fourth-order valence-corrected chi connectivity index (χ4v) is 3.03. The van der Waals surface area contributed by atoms with Crippen molar-refractivity contribution in [3.8, 4) is 0 Å². The van der Waals surface area contributed by atoms with Gasteiger partial charge in [-0.3, -0.25) is 11.3 Å². The Balaban J connectivity index is 2.49. The Morgan fingerprint density at radius 1 is 1.60 bits per heavy atom. The van der Waals surface area contributed by atoms with Crippen molar-refractivity contribution < 1.29 is 8.42 Å². The Morgan fingerprint density at radius 3 is 2.80 bits per heavy atom. The van der Waals surface area contributed by atoms with E-state index < -0.39 is 10.0 Å². The highest BCUT2D eigenvalue weighted by Crippen LogP contribution is 2.22. The topological polar surface area (TPSA) is 75.4 Å². The van der Waals surface area contributed by atoms with Gasteiger partial charge in [0.1, 0.15) is 0 Å². The third-order valence-corrected chi connectivity index (χ3v) is 4.19. The molecular weight excluding hydrogens is 214 g/mol. The number of sulfonamides is 1. The number of nitrogens with zero attached hydrogens (tertiary/aromatic N) is 1. The first-order valence-electron chi connectivity index (χ1n) is 5.34. The van der Waals surface area contributed by atoms with Crippen LogP contribution >= 0.6 is 0 Å². The highest BCUT2D eigenvalue weighted by molar-refractivity contribution is 7.88. The lowest BCUT2D eigenvalue weighted by molar-refractivity contribution is 0.241. The van der Waals surface area contributed by atoms with E-state index >= 15 is 0 Å². The smallest absolute Gasteiger partial charge is 0.211 e. The van der Waals surface area contributed by atoms with Crippen molar-refractivity contribution >= 4 is 10.0 Å². The summed E-state index contributed by atoms with van der Waals surface area (Å²) < 4.78 is 24.3. The second-order valence-corrected chi connectivity index (χ2v) is 6.42. The number of piperidine rings is 1. The van der Waals surface area contributed by atoms with Gasteiger partial charge in [-0.2, -0.15) is 0 Å². The van der Waals surface area contributed by atoms with Crippen LogP contribution in [0.15, 0.2) is 0 Å². The molecule has 1 aliphatic rings. The maximum atomic E-state index is 11.4. The number of nitrogens with two attached hydrogens (primary N) is 1. The molecule has 0 aromatic carbocycles. The van der Waals surface area contributed by atoms with Crippen LogP contribution < -0.4 is 11.3 Å². The molecular formula is C9H21N3O2S. The molecule has 0 bridgehead atoms. The predicted octanol–water partition coefficient (Wildman–Crippen LogP) is -0.100. The molecule has 6 heteroatoms. The van der Waals surface area contributed by atoms with E-state index in [-0.39, 0.29) is 6.04 Å². The lowest BCUT2D eigenvalue weighted by atomic mass is 9.93. The maximum absolute atomic E-state index is 11.4. The van der Waals surface area contributed by atoms with E-state index in [0.717, 1.165) is 19.3 Å². The molecule has 1 heterocycles. The van der Waals surface area contributed by atoms with Crippen LogP contribution in [0.2, 0.25) is 0 Å². The molecule has 1 rings (SSSR count). The zero-order valence-corrected chi connectivity index (χ0v) is 10.3. The Kier molecular flexibility index (Phi) is 4.51. The van der Waals surface area contributed by atoms with Gasteiger partial charge in [0.15, 0.2) is 0 Å². The van der Waals surface area contributed by atoms with Gasteiger partial charge in [-0.15, -0.1) is 0 Å². The van der Waals surface area contributed by atoms with Crippen LogP contribution in [0.3, 0.4) is 0 Å². The summed E-state index contributed by atoms with van der Waals surface area (Å²) in [4.78, 5) is 0. The predicted molar refractivity (Wildman–Crippen MR) is 60.5 cm³/mol. The van der Waals surface area contributed by atoms with Gasteiger partial charge in [0, 0.05) is 19.1 Å². The maximum Gasteiger partial charge on any atom is 0.211 e. The minimum atomic E-state index is -3.02. The first-order valence-corrected chi connectivity index (χ1v) is 7.19. The van der Waals surface area contributed by atoms with Gasteiger partial charge >= 0.3 is 0 Å². The third-order valence-electron chi connectivity index (χ3n) is 2.92. The number of nitrogens with one attached hydrogen (secondary N) is 1. The summed E-state index contributed by atoms with van der Waals surface area (Å²) >= 11 is 0. The van der Waals surface area contributed by atoms with Crippen molar-refractivity contribution in [2.24, 2.45) is 11.8 Å². The lowest BCUT2D eigenvalue weighted by Gasteiger charge is -2.32. The normalized spacial score (nSPS) is 26.5. The molecule has 0 radical (unpaired) electrons. The number of rotatable bonds is 4. The number of hydrazine groups is 1. The van der Waals surface area contributed by atoms with E-state index in [1.165, 1.54) is 6.26 Å². The third kappa shape index (κ3) is 4.06. The second kappa shape index (κ2) is 5.25. The molecule has 5 nitrogen and oxygen atoms in total. The molecule has 0 aromatic rings. The molecule has 0 saturated carbocycles. The van der Waals surface area contributed by atoms with Crippen LogP contribution in [0.4, 0.5) is 0 Å². The summed E-state index contributed by atoms with van der Waals surface area (Å²) in [6.45, 7) is 3.32. The minimum absolute atomic E-state index is 0.245. The first kappa shape index (κ1) is 12.9. The fraction of sp³-hybridized carbons (Fsp3) is 1.00. The highest BCUT2D eigenvalue weighted by Gasteiger charge is 2.26. The summed E-state index contributed by atoms with van der Waals surface area (Å²) in [5.41, 5.74) is 2.70. The molecule has 1 aliphatic heterocycles. The molecule has 0 spiro atoms. The van der Waals surface area contributed by atoms with Crippen molar-refractivity contribution in [1.29, 1.82) is 0 Å². The van der Waals surface area contributed by atoms with Crippen LogP contribution in [0.5, 0.6) is 0 Å². The zero-order valence-electron chi connectivity index (χ0n) is 9.44. The van der Waals surface area contributed by atoms with Crippen LogP contribution in [-0.2, 0) is 10.0 Å². The minimum Gasteiger partial charge on any atom is -0.271 e. The van der Waals surface area contributed by atoms with Gasteiger partial charge < -0.3 is 0 Å². The van der Waals surface area contributed by atoms with E-state index in [9.17, 15) is 8.42 Å². The Morgan fingerprint density at radius 2 is 2.27 bits per heavy atom. The molecule has 0 aliphatic carbocycles. The lowest BCUT2D eigenvalue weighted by Crippen LogP contribution is -2.42. The summed E-state index contributed by atoms with van der Waals surface area (Å²) in [6.07, 6.45) is 4.26. The second-order valence-electron chi connectivity index (χ2n) is 4.43. The van der Waals surface area contributed by atoms with Gasteiger partial charge in [0.25, 0.3) is 0 Å². The monoisotopic (exact) mass is 235 g/mol. The van der Waals surface area contributed by atoms with Crippen molar-refractivity contribution in [3.05, 3.63) is 0 Å². The van der Waals surface area contributed by atoms with Crippen LogP contribution in [0.1, 0.15) is 26.2 Å². The van der Waals surface area contributed by atoms with Crippen LogP contribution in [0, 0.1) is 5.92 Å². The van der Waals surface area contributed by atoms with Gasteiger partial charge in [-0.25, -0.2) is 12.7 Å². The summed E-state index contributed by atoms with van der Waals surface area (Å²) in [6, 6.07) is 0.245. The first-order chi connectivity index (χ1) is 6.93. The quantitative estimate of drug-likeness (QED) is 0.527. The molecule has 2 atom stereocenters. The number of hydrogen-bond acceptors (Lipinski definition) is 4. The summed E-state index contributed by atoms with van der Waals surface area (Å²) in [5, 5.41) is 0. The molecule has 90 valence electrons. The fourth-order valence-electron chi connectivity index (χ4n) is 2.09. The average molecular weight is 235 g/mol. The van der Waals surface area contributed by atoms with Crippen molar-refractivity contribution in [2.75, 3.05) is 19.3 Å². The molecule has 0 amide bonds. The van der Waals surface area contributed by atoms with Gasteiger partial charge in [0.05, 0.1) is 6.26 Å². The van der Waals surface area contributed by atoms with Crippen molar-refractivity contribution in [1.82, 2.24) is 9.73 Å². The Labute approximate surface area is 92.0 Å². The van der Waals surface area contributed by atoms with Gasteiger partial charge in [-0.1, -0.05) is 0 Å². The largest absolute Gasteiger partial charge is 0.271 e. The molecule has 2 unspecified atom stereocenters. The molecule has 1 saturated heterocycles. The zero-order chi connectivity index (χ0) is 11.5. The Bertz CT molecular complexity index is 292. The van der Waals surface area contributed by atoms with E-state index in [4.69, 9.17) is 5.84 Å². The molecule has 15 heavy (non-hydrogen) atoms. The standard InChI is InChI=1S/C9H21N3O2S/c1-8(11-10)6-9-4-3-5-12(7-9)15(2,13)14/h8-9,11H,3-7,10H2,1-2H3. The average Bonchev–Trinajstić information content (AvgIpc) is 2.17. The molecule has 0 aromatic heterocycles. The highest BCUT2D eigenvalue weighted by atomic mass is 32.2.